The van der Waals surface area contributed by atoms with Crippen LogP contribution in [0.2, 0.25) is 0 Å². The fourth-order valence-electron chi connectivity index (χ4n) is 2.41. The lowest BCUT2D eigenvalue weighted by Gasteiger charge is -2.29. The van der Waals surface area contributed by atoms with Crippen molar-refractivity contribution in [2.45, 2.75) is 23.8 Å². The summed E-state index contributed by atoms with van der Waals surface area (Å²) >= 11 is 1.03. The summed E-state index contributed by atoms with van der Waals surface area (Å²) in [5, 5.41) is 0. The normalized spacial score (nSPS) is 18.6. The first kappa shape index (κ1) is 13.9. The fourth-order valence-corrected chi connectivity index (χ4v) is 4.48. The van der Waals surface area contributed by atoms with Crippen molar-refractivity contribution in [3.05, 3.63) is 18.2 Å². The van der Waals surface area contributed by atoms with Gasteiger partial charge in [0.1, 0.15) is 15.9 Å². The molecule has 1 aliphatic rings. The van der Waals surface area contributed by atoms with Crippen LogP contribution in [0.25, 0.3) is 11.0 Å². The molecule has 0 radical (unpaired) electrons. The summed E-state index contributed by atoms with van der Waals surface area (Å²) in [4.78, 5) is 2.43. The highest BCUT2D eigenvalue weighted by atomic mass is 32.2. The van der Waals surface area contributed by atoms with Crippen LogP contribution in [-0.4, -0.2) is 48.2 Å². The average Bonchev–Trinajstić information content (AvgIpc) is 2.89. The molecular formula is C12H16N4O2S2. The SMILES string of the molecule is CN1CCC(NS(=O)(=O)c2cccc3nsnc23)CC1. The van der Waals surface area contributed by atoms with Crippen LogP contribution in [-0.2, 0) is 10.0 Å². The summed E-state index contributed by atoms with van der Waals surface area (Å²) in [6.07, 6.45) is 1.67. The van der Waals surface area contributed by atoms with Gasteiger partial charge in [0.25, 0.3) is 0 Å². The molecule has 1 saturated heterocycles. The summed E-state index contributed by atoms with van der Waals surface area (Å²) in [6.45, 7) is 1.82. The number of nitrogens with zero attached hydrogens (tertiary/aromatic N) is 3. The third kappa shape index (κ3) is 2.69. The van der Waals surface area contributed by atoms with Crippen LogP contribution < -0.4 is 4.72 Å². The Morgan fingerprint density at radius 3 is 2.80 bits per heavy atom. The molecule has 0 saturated carbocycles. The molecule has 1 aromatic carbocycles. The molecule has 20 heavy (non-hydrogen) atoms. The van der Waals surface area contributed by atoms with E-state index < -0.39 is 10.0 Å². The molecule has 1 fully saturated rings. The fraction of sp³-hybridized carbons (Fsp3) is 0.500. The summed E-state index contributed by atoms with van der Waals surface area (Å²) in [6, 6.07) is 5.06. The van der Waals surface area contributed by atoms with E-state index in [2.05, 4.69) is 18.4 Å². The quantitative estimate of drug-likeness (QED) is 0.917. The van der Waals surface area contributed by atoms with Gasteiger partial charge in [0, 0.05) is 6.04 Å². The number of likely N-dealkylation sites (tertiary alicyclic amines) is 1. The molecule has 1 aliphatic heterocycles. The van der Waals surface area contributed by atoms with Gasteiger partial charge in [-0.15, -0.1) is 0 Å². The first-order valence-corrected chi connectivity index (χ1v) is 8.70. The molecule has 0 bridgehead atoms. The molecule has 0 spiro atoms. The summed E-state index contributed by atoms with van der Waals surface area (Å²) in [7, 11) is -1.49. The third-order valence-electron chi connectivity index (χ3n) is 3.58. The molecule has 3 rings (SSSR count). The predicted octanol–water partition coefficient (Wildman–Crippen LogP) is 1.06. The van der Waals surface area contributed by atoms with E-state index in [1.807, 2.05) is 7.05 Å². The molecule has 0 atom stereocenters. The van der Waals surface area contributed by atoms with E-state index in [4.69, 9.17) is 0 Å². The van der Waals surface area contributed by atoms with Crippen molar-refractivity contribution < 1.29 is 8.42 Å². The number of benzene rings is 1. The molecular weight excluding hydrogens is 296 g/mol. The minimum Gasteiger partial charge on any atom is -0.306 e. The van der Waals surface area contributed by atoms with Crippen LogP contribution in [0.5, 0.6) is 0 Å². The second-order valence-corrected chi connectivity index (χ2v) is 7.30. The maximum Gasteiger partial charge on any atom is 0.243 e. The second kappa shape index (κ2) is 5.36. The Hall–Kier alpha value is -1.09. The maximum absolute atomic E-state index is 12.5. The van der Waals surface area contributed by atoms with Crippen molar-refractivity contribution in [3.63, 3.8) is 0 Å². The molecule has 1 N–H and O–H groups in total. The number of hydrogen-bond donors (Lipinski definition) is 1. The minimum atomic E-state index is -3.54. The van der Waals surface area contributed by atoms with Gasteiger partial charge in [0.15, 0.2) is 0 Å². The number of nitrogens with one attached hydrogen (secondary N) is 1. The van der Waals surface area contributed by atoms with E-state index in [1.165, 1.54) is 0 Å². The van der Waals surface area contributed by atoms with Crippen molar-refractivity contribution in [1.29, 1.82) is 0 Å². The van der Waals surface area contributed by atoms with E-state index in [0.29, 0.717) is 11.0 Å². The first-order chi connectivity index (χ1) is 9.56. The van der Waals surface area contributed by atoms with Gasteiger partial charge in [-0.05, 0) is 45.1 Å². The van der Waals surface area contributed by atoms with Gasteiger partial charge < -0.3 is 4.90 Å². The zero-order valence-electron chi connectivity index (χ0n) is 11.1. The molecule has 6 nitrogen and oxygen atoms in total. The zero-order chi connectivity index (χ0) is 14.2. The second-order valence-electron chi connectivity index (χ2n) is 5.09. The number of rotatable bonds is 3. The summed E-state index contributed by atoms with van der Waals surface area (Å²) in [5.74, 6) is 0. The van der Waals surface area contributed by atoms with Gasteiger partial charge in [-0.25, -0.2) is 13.1 Å². The summed E-state index contributed by atoms with van der Waals surface area (Å²) in [5.41, 5.74) is 1.08. The molecule has 0 unspecified atom stereocenters. The highest BCUT2D eigenvalue weighted by Crippen LogP contribution is 2.22. The Morgan fingerprint density at radius 2 is 2.05 bits per heavy atom. The van der Waals surface area contributed by atoms with Crippen LogP contribution in [0.3, 0.4) is 0 Å². The van der Waals surface area contributed by atoms with Crippen molar-refractivity contribution in [2.75, 3.05) is 20.1 Å². The lowest BCUT2D eigenvalue weighted by molar-refractivity contribution is 0.248. The van der Waals surface area contributed by atoms with Gasteiger partial charge in [-0.2, -0.15) is 8.75 Å². The van der Waals surface area contributed by atoms with Gasteiger partial charge in [0.05, 0.1) is 11.7 Å². The number of fused-ring (bicyclic) bond motifs is 1. The highest BCUT2D eigenvalue weighted by Gasteiger charge is 2.25. The first-order valence-electron chi connectivity index (χ1n) is 6.48. The van der Waals surface area contributed by atoms with Crippen molar-refractivity contribution >= 4 is 32.8 Å². The van der Waals surface area contributed by atoms with Crippen LogP contribution in [0.15, 0.2) is 23.1 Å². The molecule has 0 amide bonds. The molecule has 0 aliphatic carbocycles. The molecule has 2 aromatic rings. The van der Waals surface area contributed by atoms with Crippen LogP contribution in [0, 0.1) is 0 Å². The van der Waals surface area contributed by atoms with Gasteiger partial charge in [0.2, 0.25) is 10.0 Å². The molecule has 8 heteroatoms. The smallest absolute Gasteiger partial charge is 0.243 e. The number of hydrogen-bond acceptors (Lipinski definition) is 6. The molecule has 1 aromatic heterocycles. The Labute approximate surface area is 122 Å². The molecule has 2 heterocycles. The van der Waals surface area contributed by atoms with E-state index in [9.17, 15) is 8.42 Å². The van der Waals surface area contributed by atoms with Crippen molar-refractivity contribution in [2.24, 2.45) is 0 Å². The summed E-state index contributed by atoms with van der Waals surface area (Å²) < 4.78 is 36.0. The maximum atomic E-state index is 12.5. The van der Waals surface area contributed by atoms with Crippen LogP contribution >= 0.6 is 11.7 Å². The Morgan fingerprint density at radius 1 is 1.30 bits per heavy atom. The number of aromatic nitrogens is 2. The highest BCUT2D eigenvalue weighted by molar-refractivity contribution is 7.89. The zero-order valence-corrected chi connectivity index (χ0v) is 12.7. The largest absolute Gasteiger partial charge is 0.306 e. The number of piperidine rings is 1. The lowest BCUT2D eigenvalue weighted by Crippen LogP contribution is -2.43. The lowest BCUT2D eigenvalue weighted by atomic mass is 10.1. The van der Waals surface area contributed by atoms with E-state index in [0.717, 1.165) is 37.7 Å². The van der Waals surface area contributed by atoms with Gasteiger partial charge >= 0.3 is 0 Å². The van der Waals surface area contributed by atoms with Crippen molar-refractivity contribution in [1.82, 2.24) is 18.4 Å². The average molecular weight is 312 g/mol. The van der Waals surface area contributed by atoms with Crippen LogP contribution in [0.1, 0.15) is 12.8 Å². The van der Waals surface area contributed by atoms with Gasteiger partial charge in [-0.3, -0.25) is 0 Å². The monoisotopic (exact) mass is 312 g/mol. The minimum absolute atomic E-state index is 0.00180. The van der Waals surface area contributed by atoms with Crippen LogP contribution in [0.4, 0.5) is 0 Å². The topological polar surface area (TPSA) is 75.2 Å². The van der Waals surface area contributed by atoms with E-state index in [-0.39, 0.29) is 10.9 Å². The number of sulfonamides is 1. The predicted molar refractivity (Wildman–Crippen MR) is 78.3 cm³/mol. The Kier molecular flexibility index (Phi) is 3.72. The van der Waals surface area contributed by atoms with E-state index >= 15 is 0 Å². The standard InChI is InChI=1S/C12H16N4O2S2/c1-16-7-5-9(6-8-16)15-20(17,18)11-4-2-3-10-12(11)14-19-13-10/h2-4,9,15H,5-8H2,1H3. The Balaban J connectivity index is 1.86. The van der Waals surface area contributed by atoms with Gasteiger partial charge in [-0.1, -0.05) is 6.07 Å². The molecule has 108 valence electrons. The third-order valence-corrected chi connectivity index (χ3v) is 5.67. The Bertz CT molecular complexity index is 705. The van der Waals surface area contributed by atoms with Crippen molar-refractivity contribution in [3.8, 4) is 0 Å². The van der Waals surface area contributed by atoms with E-state index in [1.54, 1.807) is 18.2 Å².